The van der Waals surface area contributed by atoms with Gasteiger partial charge in [0.1, 0.15) is 0 Å². The molecule has 0 aliphatic heterocycles. The molecule has 0 saturated heterocycles. The Balaban J connectivity index is 1.01. The Hall–Kier alpha value is -7.26. The molecular weight excluding hydrogens is 743 g/mol. The molecule has 0 spiro atoms. The molecule has 2 heteroatoms. The van der Waals surface area contributed by atoms with Crippen LogP contribution in [0.1, 0.15) is 18.4 Å². The number of para-hydroxylation sites is 1. The van der Waals surface area contributed by atoms with Crippen LogP contribution in [0.3, 0.4) is 0 Å². The van der Waals surface area contributed by atoms with Crippen molar-refractivity contribution in [3.8, 4) is 22.3 Å². The van der Waals surface area contributed by atoms with Crippen molar-refractivity contribution in [2.75, 3.05) is 4.90 Å². The number of benzene rings is 10. The fourth-order valence-corrected chi connectivity index (χ4v) is 10.9. The Bertz CT molecular complexity index is 3550. The minimum atomic E-state index is 0.918. The first-order chi connectivity index (χ1) is 29.7. The van der Waals surface area contributed by atoms with Gasteiger partial charge in [-0.3, -0.25) is 0 Å². The first kappa shape index (κ1) is 34.8. The van der Waals surface area contributed by atoms with Gasteiger partial charge in [0.05, 0.1) is 5.69 Å². The molecule has 1 aliphatic carbocycles. The molecule has 1 nitrogen and oxygen atoms in total. The average Bonchev–Trinajstić information content (AvgIpc) is 3.71. The van der Waals surface area contributed by atoms with Crippen LogP contribution in [-0.4, -0.2) is 0 Å². The zero-order valence-electron chi connectivity index (χ0n) is 33.0. The Morgan fingerprint density at radius 3 is 1.80 bits per heavy atom. The molecule has 60 heavy (non-hydrogen) atoms. The molecule has 0 fully saturated rings. The summed E-state index contributed by atoms with van der Waals surface area (Å²) in [5.74, 6) is 0. The third-order valence-electron chi connectivity index (χ3n) is 12.6. The molecule has 0 radical (unpaired) electrons. The van der Waals surface area contributed by atoms with Gasteiger partial charge in [0.25, 0.3) is 0 Å². The van der Waals surface area contributed by atoms with E-state index in [1.165, 1.54) is 108 Å². The molecule has 0 bridgehead atoms. The standard InChI is InChI=1S/C58H39NS/c1-3-14-46-38(12-1)24-25-40-26-27-43(37-54(40)46)48-16-7-9-22-56(48)59(44-32-28-39(29-33-44)49-20-11-21-53-52-19-8-10-23-57(52)60-58(49)53)45-34-30-41(31-35-45)55-36-42-13-2-4-15-47(42)50-17-5-6-18-51(50)55/h1-28,30-32,34-37H,29,33H2. The van der Waals surface area contributed by atoms with Crippen LogP contribution in [0.15, 0.2) is 218 Å². The smallest absolute Gasteiger partial charge is 0.0536 e. The van der Waals surface area contributed by atoms with Gasteiger partial charge in [-0.2, -0.15) is 0 Å². The van der Waals surface area contributed by atoms with E-state index < -0.39 is 0 Å². The maximum atomic E-state index is 2.51. The van der Waals surface area contributed by atoms with Crippen LogP contribution in [0.4, 0.5) is 11.4 Å². The fourth-order valence-electron chi connectivity index (χ4n) is 9.66. The molecule has 0 amide bonds. The van der Waals surface area contributed by atoms with Crippen LogP contribution in [0.5, 0.6) is 0 Å². The number of hydrogen-bond acceptors (Lipinski definition) is 2. The van der Waals surface area contributed by atoms with Gasteiger partial charge in [0.15, 0.2) is 0 Å². The Kier molecular flexibility index (Phi) is 8.24. The molecule has 0 N–H and O–H groups in total. The van der Waals surface area contributed by atoms with Gasteiger partial charge in [-0.25, -0.2) is 0 Å². The predicted octanol–water partition coefficient (Wildman–Crippen LogP) is 16.9. The molecule has 12 rings (SSSR count). The van der Waals surface area contributed by atoms with E-state index in [1.807, 2.05) is 11.3 Å². The van der Waals surface area contributed by atoms with Crippen molar-refractivity contribution in [1.82, 2.24) is 0 Å². The Labute approximate surface area is 353 Å². The molecule has 0 atom stereocenters. The maximum Gasteiger partial charge on any atom is 0.0536 e. The third-order valence-corrected chi connectivity index (χ3v) is 13.8. The average molecular weight is 782 g/mol. The zero-order chi connectivity index (χ0) is 39.6. The highest BCUT2D eigenvalue weighted by molar-refractivity contribution is 7.26. The van der Waals surface area contributed by atoms with Crippen LogP contribution in [0, 0.1) is 0 Å². The van der Waals surface area contributed by atoms with E-state index in [4.69, 9.17) is 0 Å². The summed E-state index contributed by atoms with van der Waals surface area (Å²) in [6, 6.07) is 73.9. The number of hydrogen-bond donors (Lipinski definition) is 0. The molecule has 282 valence electrons. The number of thiophene rings is 1. The molecule has 11 aromatic rings. The van der Waals surface area contributed by atoms with Gasteiger partial charge in [-0.15, -0.1) is 11.3 Å². The molecule has 0 unspecified atom stereocenters. The number of rotatable bonds is 6. The van der Waals surface area contributed by atoms with Crippen molar-refractivity contribution in [3.63, 3.8) is 0 Å². The van der Waals surface area contributed by atoms with Gasteiger partial charge in [0, 0.05) is 37.1 Å². The molecule has 1 aliphatic rings. The van der Waals surface area contributed by atoms with E-state index in [0.717, 1.165) is 18.5 Å². The summed E-state index contributed by atoms with van der Waals surface area (Å²) in [4.78, 5) is 2.51. The molecule has 1 aromatic heterocycles. The van der Waals surface area contributed by atoms with Gasteiger partial charge in [-0.1, -0.05) is 170 Å². The minimum Gasteiger partial charge on any atom is -0.314 e. The lowest BCUT2D eigenvalue weighted by Crippen LogP contribution is -2.18. The first-order valence-corrected chi connectivity index (χ1v) is 21.7. The summed E-state index contributed by atoms with van der Waals surface area (Å²) in [5, 5.41) is 12.9. The monoisotopic (exact) mass is 781 g/mol. The van der Waals surface area contributed by atoms with Gasteiger partial charge in [-0.05, 0) is 126 Å². The number of nitrogens with zero attached hydrogens (tertiary/aromatic N) is 1. The quantitative estimate of drug-likeness (QED) is 0.152. The molecular formula is C58H39NS. The summed E-state index contributed by atoms with van der Waals surface area (Å²) in [7, 11) is 0. The normalized spacial score (nSPS) is 13.1. The minimum absolute atomic E-state index is 0.918. The molecule has 0 saturated carbocycles. The van der Waals surface area contributed by atoms with Crippen LogP contribution >= 0.6 is 11.3 Å². The molecule has 1 heterocycles. The van der Waals surface area contributed by atoms with Crippen LogP contribution in [0.2, 0.25) is 0 Å². The summed E-state index contributed by atoms with van der Waals surface area (Å²) in [5.41, 5.74) is 11.2. The second-order valence-corrected chi connectivity index (χ2v) is 17.0. The number of fused-ring (bicyclic) bond motifs is 9. The van der Waals surface area contributed by atoms with Crippen molar-refractivity contribution in [1.29, 1.82) is 0 Å². The lowest BCUT2D eigenvalue weighted by atomic mass is 9.92. The van der Waals surface area contributed by atoms with E-state index in [0.29, 0.717) is 0 Å². The largest absolute Gasteiger partial charge is 0.314 e. The summed E-state index contributed by atoms with van der Waals surface area (Å²) < 4.78 is 2.72. The highest BCUT2D eigenvalue weighted by Gasteiger charge is 2.23. The lowest BCUT2D eigenvalue weighted by Gasteiger charge is -2.32. The fraction of sp³-hybridized carbons (Fsp3) is 0.0345. The second-order valence-electron chi connectivity index (χ2n) is 15.9. The summed E-state index contributed by atoms with van der Waals surface area (Å²) in [6.45, 7) is 0. The van der Waals surface area contributed by atoms with Crippen molar-refractivity contribution in [3.05, 3.63) is 224 Å². The van der Waals surface area contributed by atoms with Crippen LogP contribution < -0.4 is 4.90 Å². The van der Waals surface area contributed by atoms with Gasteiger partial charge < -0.3 is 4.90 Å². The van der Waals surface area contributed by atoms with E-state index in [-0.39, 0.29) is 0 Å². The van der Waals surface area contributed by atoms with E-state index in [2.05, 4.69) is 217 Å². The van der Waals surface area contributed by atoms with Gasteiger partial charge in [0.2, 0.25) is 0 Å². The number of allylic oxidation sites excluding steroid dienone is 4. The second kappa shape index (κ2) is 14.2. The third kappa shape index (κ3) is 5.75. The first-order valence-electron chi connectivity index (χ1n) is 20.9. The predicted molar refractivity (Wildman–Crippen MR) is 261 cm³/mol. The van der Waals surface area contributed by atoms with Crippen LogP contribution in [-0.2, 0) is 0 Å². The van der Waals surface area contributed by atoms with Crippen molar-refractivity contribution in [2.45, 2.75) is 12.8 Å². The van der Waals surface area contributed by atoms with Crippen molar-refractivity contribution < 1.29 is 0 Å². The topological polar surface area (TPSA) is 3.24 Å². The molecule has 10 aromatic carbocycles. The maximum absolute atomic E-state index is 2.51. The SMILES string of the molecule is C1=C(c2cccc3c2sc2ccccc23)CCC(N(c2ccc(-c3cc4ccccc4c4ccccc34)cc2)c2ccccc2-c2ccc3ccc4ccccc4c3c2)=C1. The Morgan fingerprint density at radius 2 is 0.983 bits per heavy atom. The van der Waals surface area contributed by atoms with E-state index in [9.17, 15) is 0 Å². The van der Waals surface area contributed by atoms with Gasteiger partial charge >= 0.3 is 0 Å². The summed E-state index contributed by atoms with van der Waals surface area (Å²) in [6.07, 6.45) is 6.63. The highest BCUT2D eigenvalue weighted by Crippen LogP contribution is 2.45. The Morgan fingerprint density at radius 1 is 0.367 bits per heavy atom. The van der Waals surface area contributed by atoms with E-state index in [1.54, 1.807) is 0 Å². The van der Waals surface area contributed by atoms with Crippen LogP contribution in [0.25, 0.3) is 91.1 Å². The number of anilines is 2. The zero-order valence-corrected chi connectivity index (χ0v) is 33.8. The lowest BCUT2D eigenvalue weighted by molar-refractivity contribution is 0.931. The highest BCUT2D eigenvalue weighted by atomic mass is 32.1. The van der Waals surface area contributed by atoms with Crippen molar-refractivity contribution in [2.24, 2.45) is 0 Å². The van der Waals surface area contributed by atoms with E-state index >= 15 is 0 Å². The van der Waals surface area contributed by atoms with Crippen molar-refractivity contribution >= 4 is 91.5 Å². The summed E-state index contributed by atoms with van der Waals surface area (Å²) >= 11 is 1.91.